The van der Waals surface area contributed by atoms with E-state index in [4.69, 9.17) is 0 Å². The zero-order valence-electron chi connectivity index (χ0n) is 17.3. The Morgan fingerprint density at radius 3 is 1.57 bits per heavy atom. The summed E-state index contributed by atoms with van der Waals surface area (Å²) in [7, 11) is 2.32. The zero-order valence-corrected chi connectivity index (χ0v) is 17.3. The Morgan fingerprint density at radius 1 is 0.533 bits per heavy atom. The molecule has 1 nitrogen and oxygen atoms in total. The summed E-state index contributed by atoms with van der Waals surface area (Å²) in [6, 6.07) is 42.0. The summed E-state index contributed by atoms with van der Waals surface area (Å²) >= 11 is 0. The van der Waals surface area contributed by atoms with Gasteiger partial charge in [0.2, 0.25) is 0 Å². The van der Waals surface area contributed by atoms with E-state index in [2.05, 4.69) is 122 Å². The number of nitrogens with one attached hydrogen (secondary N) is 1. The third-order valence-corrected chi connectivity index (χ3v) is 6.09. The van der Waals surface area contributed by atoms with Crippen molar-refractivity contribution in [3.8, 4) is 0 Å². The standard InChI is InChI=1S/C29H25N/c1-30(21-22-11-3-2-4-12-22)29(27-19-9-15-23-13-5-7-17-25(23)27)28-20-10-16-24-14-6-8-18-26(24)28/h2-20,29H,21H2,1H3/p+1. The molecule has 0 aliphatic rings. The predicted molar refractivity (Wildman–Crippen MR) is 127 cm³/mol. The highest BCUT2D eigenvalue weighted by Gasteiger charge is 2.26. The Balaban J connectivity index is 1.71. The number of rotatable bonds is 5. The van der Waals surface area contributed by atoms with Gasteiger partial charge in [-0.25, -0.2) is 0 Å². The molecule has 0 fully saturated rings. The minimum atomic E-state index is 0.238. The second-order valence-electron chi connectivity index (χ2n) is 8.08. The molecule has 0 amide bonds. The number of hydrogen-bond donors (Lipinski definition) is 1. The van der Waals surface area contributed by atoms with E-state index in [1.54, 1.807) is 0 Å². The molecule has 0 spiro atoms. The average molecular weight is 389 g/mol. The molecule has 5 aromatic rings. The van der Waals surface area contributed by atoms with E-state index < -0.39 is 0 Å². The molecule has 1 atom stereocenters. The normalized spacial score (nSPS) is 12.5. The highest BCUT2D eigenvalue weighted by Crippen LogP contribution is 2.31. The Kier molecular flexibility index (Phi) is 5.04. The quantitative estimate of drug-likeness (QED) is 0.388. The zero-order chi connectivity index (χ0) is 20.3. The summed E-state index contributed by atoms with van der Waals surface area (Å²) in [5.74, 6) is 0. The topological polar surface area (TPSA) is 4.44 Å². The summed E-state index contributed by atoms with van der Waals surface area (Å²) in [4.78, 5) is 1.47. The van der Waals surface area contributed by atoms with Crippen LogP contribution in [0.5, 0.6) is 0 Å². The van der Waals surface area contributed by atoms with Crippen LogP contribution in [0.25, 0.3) is 21.5 Å². The van der Waals surface area contributed by atoms with Crippen LogP contribution >= 0.6 is 0 Å². The molecule has 0 aliphatic heterocycles. The molecule has 5 rings (SSSR count). The van der Waals surface area contributed by atoms with Crippen LogP contribution in [0.15, 0.2) is 115 Å². The van der Waals surface area contributed by atoms with Crippen molar-refractivity contribution in [2.75, 3.05) is 7.05 Å². The summed E-state index contributed by atoms with van der Waals surface area (Å²) in [6.45, 7) is 0.970. The van der Waals surface area contributed by atoms with Gasteiger partial charge in [-0.3, -0.25) is 0 Å². The lowest BCUT2D eigenvalue weighted by Crippen LogP contribution is -3.08. The molecule has 0 heterocycles. The maximum absolute atomic E-state index is 2.32. The fourth-order valence-corrected chi connectivity index (χ4v) is 4.72. The summed E-state index contributed by atoms with van der Waals surface area (Å²) in [5, 5.41) is 5.27. The molecule has 1 N–H and O–H groups in total. The van der Waals surface area contributed by atoms with E-state index in [-0.39, 0.29) is 6.04 Å². The van der Waals surface area contributed by atoms with Gasteiger partial charge in [-0.05, 0) is 21.5 Å². The Hall–Kier alpha value is -3.42. The van der Waals surface area contributed by atoms with E-state index in [1.807, 2.05) is 0 Å². The predicted octanol–water partition coefficient (Wildman–Crippen LogP) is 5.80. The molecule has 0 aliphatic carbocycles. The van der Waals surface area contributed by atoms with E-state index in [1.165, 1.54) is 43.1 Å². The van der Waals surface area contributed by atoms with Crippen LogP contribution in [0.1, 0.15) is 22.7 Å². The molecule has 1 unspecified atom stereocenters. The fraction of sp³-hybridized carbons (Fsp3) is 0.103. The second kappa shape index (κ2) is 8.14. The lowest BCUT2D eigenvalue weighted by Gasteiger charge is -2.28. The molecule has 0 aromatic heterocycles. The third kappa shape index (κ3) is 3.49. The van der Waals surface area contributed by atoms with Crippen LogP contribution < -0.4 is 4.90 Å². The van der Waals surface area contributed by atoms with Crippen LogP contribution in [0.3, 0.4) is 0 Å². The molecule has 30 heavy (non-hydrogen) atoms. The van der Waals surface area contributed by atoms with Gasteiger partial charge < -0.3 is 4.90 Å². The van der Waals surface area contributed by atoms with Gasteiger partial charge in [0.15, 0.2) is 0 Å². The van der Waals surface area contributed by atoms with Crippen molar-refractivity contribution >= 4 is 21.5 Å². The number of fused-ring (bicyclic) bond motifs is 2. The Labute approximate surface area is 178 Å². The Morgan fingerprint density at radius 2 is 1.00 bits per heavy atom. The minimum absolute atomic E-state index is 0.238. The third-order valence-electron chi connectivity index (χ3n) is 6.09. The monoisotopic (exact) mass is 388 g/mol. The SMILES string of the molecule is C[NH+](Cc1ccccc1)C(c1cccc2ccccc12)c1cccc2ccccc12. The van der Waals surface area contributed by atoms with Gasteiger partial charge in [0.25, 0.3) is 0 Å². The van der Waals surface area contributed by atoms with Gasteiger partial charge in [0, 0.05) is 16.7 Å². The van der Waals surface area contributed by atoms with E-state index in [0.29, 0.717) is 0 Å². The molecule has 146 valence electrons. The lowest BCUT2D eigenvalue weighted by atomic mass is 9.89. The van der Waals surface area contributed by atoms with Gasteiger partial charge in [-0.15, -0.1) is 0 Å². The molecule has 5 aromatic carbocycles. The summed E-state index contributed by atoms with van der Waals surface area (Å²) < 4.78 is 0. The second-order valence-corrected chi connectivity index (χ2v) is 8.08. The van der Waals surface area contributed by atoms with Crippen molar-refractivity contribution in [3.05, 3.63) is 132 Å². The highest BCUT2D eigenvalue weighted by atomic mass is 15.1. The van der Waals surface area contributed by atoms with Crippen LogP contribution in [0.4, 0.5) is 0 Å². The largest absolute Gasteiger partial charge is 0.324 e. The van der Waals surface area contributed by atoms with Gasteiger partial charge >= 0.3 is 0 Å². The van der Waals surface area contributed by atoms with Crippen molar-refractivity contribution in [3.63, 3.8) is 0 Å². The van der Waals surface area contributed by atoms with Gasteiger partial charge in [0.05, 0.1) is 7.05 Å². The van der Waals surface area contributed by atoms with E-state index in [0.717, 1.165) is 6.54 Å². The molecule has 0 saturated carbocycles. The number of benzene rings is 5. The maximum Gasteiger partial charge on any atom is 0.140 e. The molecule has 0 saturated heterocycles. The first-order valence-electron chi connectivity index (χ1n) is 10.6. The molecule has 0 bridgehead atoms. The van der Waals surface area contributed by atoms with Crippen LogP contribution in [-0.2, 0) is 6.54 Å². The molecule has 1 heteroatoms. The van der Waals surface area contributed by atoms with E-state index in [9.17, 15) is 0 Å². The van der Waals surface area contributed by atoms with Gasteiger partial charge in [0.1, 0.15) is 12.6 Å². The molecular weight excluding hydrogens is 362 g/mol. The van der Waals surface area contributed by atoms with Crippen molar-refractivity contribution in [1.82, 2.24) is 0 Å². The fourth-order valence-electron chi connectivity index (χ4n) is 4.72. The smallest absolute Gasteiger partial charge is 0.140 e. The first-order valence-corrected chi connectivity index (χ1v) is 10.6. The highest BCUT2D eigenvalue weighted by molar-refractivity contribution is 5.89. The Bertz CT molecular complexity index is 1200. The summed E-state index contributed by atoms with van der Waals surface area (Å²) in [6.07, 6.45) is 0. The van der Waals surface area contributed by atoms with Crippen molar-refractivity contribution in [1.29, 1.82) is 0 Å². The first kappa shape index (κ1) is 18.6. The van der Waals surface area contributed by atoms with Crippen molar-refractivity contribution in [2.45, 2.75) is 12.6 Å². The molecular formula is C29H26N+. The van der Waals surface area contributed by atoms with Crippen LogP contribution in [0, 0.1) is 0 Å². The van der Waals surface area contributed by atoms with E-state index >= 15 is 0 Å². The van der Waals surface area contributed by atoms with Gasteiger partial charge in [-0.1, -0.05) is 115 Å². The lowest BCUT2D eigenvalue weighted by molar-refractivity contribution is -0.919. The van der Waals surface area contributed by atoms with Crippen molar-refractivity contribution < 1.29 is 4.90 Å². The van der Waals surface area contributed by atoms with Crippen molar-refractivity contribution in [2.24, 2.45) is 0 Å². The minimum Gasteiger partial charge on any atom is -0.324 e. The maximum atomic E-state index is 2.32. The first-order chi connectivity index (χ1) is 14.8. The summed E-state index contributed by atoms with van der Waals surface area (Å²) in [5.41, 5.74) is 4.14. The number of quaternary nitrogens is 1. The number of hydrogen-bond acceptors (Lipinski definition) is 0. The molecule has 0 radical (unpaired) electrons. The van der Waals surface area contributed by atoms with Crippen LogP contribution in [0.2, 0.25) is 0 Å². The average Bonchev–Trinajstić information content (AvgIpc) is 2.80. The van der Waals surface area contributed by atoms with Gasteiger partial charge in [-0.2, -0.15) is 0 Å². The van der Waals surface area contributed by atoms with Crippen LogP contribution in [-0.4, -0.2) is 7.05 Å².